The largest absolute Gasteiger partial charge is 0.307 e. The molecule has 114 valence electrons. The van der Waals surface area contributed by atoms with Crippen molar-refractivity contribution in [1.82, 2.24) is 25.2 Å². The maximum Gasteiger partial charge on any atom is 0.0969 e. The quantitative estimate of drug-likeness (QED) is 0.807. The van der Waals surface area contributed by atoms with Gasteiger partial charge in [0.1, 0.15) is 0 Å². The van der Waals surface area contributed by atoms with Crippen LogP contribution in [0.3, 0.4) is 0 Å². The van der Waals surface area contributed by atoms with Gasteiger partial charge in [-0.3, -0.25) is 0 Å². The number of nitrogens with zero attached hydrogens (tertiary/aromatic N) is 4. The molecule has 21 heavy (non-hydrogen) atoms. The number of hydrogen-bond donors (Lipinski definition) is 1. The minimum absolute atomic E-state index is 0.437. The maximum atomic E-state index is 4.50. The van der Waals surface area contributed by atoms with E-state index in [2.05, 4.69) is 41.2 Å². The fraction of sp³-hybridized carbons (Fsp3) is 0.500. The van der Waals surface area contributed by atoms with Gasteiger partial charge in [-0.05, 0) is 32.1 Å². The number of benzene rings is 1. The van der Waals surface area contributed by atoms with Crippen molar-refractivity contribution in [2.24, 2.45) is 0 Å². The molecule has 0 spiro atoms. The first-order chi connectivity index (χ1) is 10.2. The van der Waals surface area contributed by atoms with Crippen LogP contribution in [0.1, 0.15) is 26.5 Å². The molecular weight excluding hydrogens is 262 g/mol. The molecule has 0 amide bonds. The second-order valence-electron chi connectivity index (χ2n) is 5.23. The second kappa shape index (κ2) is 7.90. The van der Waals surface area contributed by atoms with Crippen LogP contribution in [-0.2, 0) is 6.54 Å². The van der Waals surface area contributed by atoms with Gasteiger partial charge in [0.25, 0.3) is 0 Å². The van der Waals surface area contributed by atoms with Crippen LogP contribution in [-0.4, -0.2) is 45.6 Å². The number of rotatable bonds is 8. The van der Waals surface area contributed by atoms with Crippen molar-refractivity contribution in [3.8, 4) is 5.69 Å². The molecule has 0 aliphatic heterocycles. The van der Waals surface area contributed by atoms with Crippen LogP contribution in [0.2, 0.25) is 0 Å². The summed E-state index contributed by atoms with van der Waals surface area (Å²) in [5, 5.41) is 12.3. The van der Waals surface area contributed by atoms with Gasteiger partial charge in [-0.25, -0.2) is 0 Å². The molecule has 1 unspecified atom stereocenters. The molecule has 2 aromatic rings. The number of likely N-dealkylation sites (N-methyl/N-ethyl adjacent to an activating group) is 1. The monoisotopic (exact) mass is 287 g/mol. The van der Waals surface area contributed by atoms with E-state index in [1.165, 1.54) is 0 Å². The Morgan fingerprint density at radius 1 is 1.19 bits per heavy atom. The molecule has 1 aromatic carbocycles. The van der Waals surface area contributed by atoms with Crippen LogP contribution in [0.25, 0.3) is 5.69 Å². The Labute approximate surface area is 127 Å². The summed E-state index contributed by atoms with van der Waals surface area (Å²) in [6.45, 7) is 10.6. The molecule has 1 heterocycles. The Kier molecular flexibility index (Phi) is 5.90. The highest BCUT2D eigenvalue weighted by Gasteiger charge is 2.08. The maximum absolute atomic E-state index is 4.50. The van der Waals surface area contributed by atoms with Crippen molar-refractivity contribution in [2.45, 2.75) is 33.4 Å². The van der Waals surface area contributed by atoms with Crippen molar-refractivity contribution in [1.29, 1.82) is 0 Å². The molecule has 5 nitrogen and oxygen atoms in total. The van der Waals surface area contributed by atoms with E-state index in [1.54, 1.807) is 4.80 Å². The summed E-state index contributed by atoms with van der Waals surface area (Å²) in [4.78, 5) is 4.09. The SMILES string of the molecule is CCN(CC)CC(C)NCc1cnn(-c2ccccc2)n1. The zero-order valence-electron chi connectivity index (χ0n) is 13.2. The number of hydrogen-bond acceptors (Lipinski definition) is 4. The van der Waals surface area contributed by atoms with Crippen LogP contribution in [0.15, 0.2) is 36.5 Å². The fourth-order valence-electron chi connectivity index (χ4n) is 2.27. The van der Waals surface area contributed by atoms with Gasteiger partial charge in [-0.1, -0.05) is 32.0 Å². The van der Waals surface area contributed by atoms with Gasteiger partial charge in [0, 0.05) is 19.1 Å². The van der Waals surface area contributed by atoms with E-state index >= 15 is 0 Å². The molecule has 0 fully saturated rings. The van der Waals surface area contributed by atoms with Gasteiger partial charge in [-0.15, -0.1) is 0 Å². The lowest BCUT2D eigenvalue weighted by Gasteiger charge is -2.23. The highest BCUT2D eigenvalue weighted by atomic mass is 15.5. The van der Waals surface area contributed by atoms with E-state index in [0.29, 0.717) is 6.04 Å². The smallest absolute Gasteiger partial charge is 0.0969 e. The molecule has 0 bridgehead atoms. The Hall–Kier alpha value is -1.72. The fourth-order valence-corrected chi connectivity index (χ4v) is 2.27. The van der Waals surface area contributed by atoms with E-state index in [-0.39, 0.29) is 0 Å². The average molecular weight is 287 g/mol. The molecule has 0 aliphatic rings. The van der Waals surface area contributed by atoms with Crippen molar-refractivity contribution in [2.75, 3.05) is 19.6 Å². The molecule has 0 saturated carbocycles. The minimum Gasteiger partial charge on any atom is -0.307 e. The first-order valence-electron chi connectivity index (χ1n) is 7.65. The standard InChI is InChI=1S/C16H25N5/c1-4-20(5-2)13-14(3)17-11-15-12-18-21(19-15)16-9-7-6-8-10-16/h6-10,12,14,17H,4-5,11,13H2,1-3H3. The minimum atomic E-state index is 0.437. The third kappa shape index (κ3) is 4.65. The van der Waals surface area contributed by atoms with Crippen molar-refractivity contribution < 1.29 is 0 Å². The summed E-state index contributed by atoms with van der Waals surface area (Å²) in [7, 11) is 0. The lowest BCUT2D eigenvalue weighted by atomic mass is 10.3. The zero-order chi connectivity index (χ0) is 15.1. The summed E-state index contributed by atoms with van der Waals surface area (Å²) in [6, 6.07) is 10.4. The first kappa shape index (κ1) is 15.7. The molecule has 1 atom stereocenters. The van der Waals surface area contributed by atoms with Crippen molar-refractivity contribution in [3.05, 3.63) is 42.2 Å². The normalized spacial score (nSPS) is 12.8. The van der Waals surface area contributed by atoms with Crippen LogP contribution in [0.5, 0.6) is 0 Å². The molecule has 0 radical (unpaired) electrons. The van der Waals surface area contributed by atoms with E-state index in [9.17, 15) is 0 Å². The van der Waals surface area contributed by atoms with Gasteiger partial charge in [0.2, 0.25) is 0 Å². The number of nitrogens with one attached hydrogen (secondary N) is 1. The Morgan fingerprint density at radius 2 is 1.90 bits per heavy atom. The van der Waals surface area contributed by atoms with Crippen LogP contribution in [0, 0.1) is 0 Å². The topological polar surface area (TPSA) is 46.0 Å². The Bertz CT molecular complexity index is 518. The van der Waals surface area contributed by atoms with Crippen molar-refractivity contribution >= 4 is 0 Å². The number of aromatic nitrogens is 3. The van der Waals surface area contributed by atoms with E-state index in [0.717, 1.165) is 37.6 Å². The average Bonchev–Trinajstić information content (AvgIpc) is 3.00. The molecule has 5 heteroatoms. The lowest BCUT2D eigenvalue weighted by molar-refractivity contribution is 0.270. The van der Waals surface area contributed by atoms with E-state index < -0.39 is 0 Å². The summed E-state index contributed by atoms with van der Waals surface area (Å²) < 4.78 is 0. The molecule has 0 aliphatic carbocycles. The first-order valence-corrected chi connectivity index (χ1v) is 7.65. The predicted octanol–water partition coefficient (Wildman–Crippen LogP) is 2.09. The summed E-state index contributed by atoms with van der Waals surface area (Å²) >= 11 is 0. The van der Waals surface area contributed by atoms with Gasteiger partial charge in [0.05, 0.1) is 17.6 Å². The van der Waals surface area contributed by atoms with Crippen LogP contribution in [0.4, 0.5) is 0 Å². The van der Waals surface area contributed by atoms with Crippen LogP contribution >= 0.6 is 0 Å². The second-order valence-corrected chi connectivity index (χ2v) is 5.23. The highest BCUT2D eigenvalue weighted by Crippen LogP contribution is 2.04. The summed E-state index contributed by atoms with van der Waals surface area (Å²) in [5.41, 5.74) is 1.95. The van der Waals surface area contributed by atoms with Gasteiger partial charge < -0.3 is 10.2 Å². The molecule has 0 saturated heterocycles. The van der Waals surface area contributed by atoms with Gasteiger partial charge in [0.15, 0.2) is 0 Å². The summed E-state index contributed by atoms with van der Waals surface area (Å²) in [6.07, 6.45) is 1.82. The molecular formula is C16H25N5. The van der Waals surface area contributed by atoms with Crippen LogP contribution < -0.4 is 5.32 Å². The van der Waals surface area contributed by atoms with Crippen molar-refractivity contribution in [3.63, 3.8) is 0 Å². The Morgan fingerprint density at radius 3 is 2.57 bits per heavy atom. The van der Waals surface area contributed by atoms with Gasteiger partial charge >= 0.3 is 0 Å². The summed E-state index contributed by atoms with van der Waals surface area (Å²) in [5.74, 6) is 0. The highest BCUT2D eigenvalue weighted by molar-refractivity contribution is 5.28. The molecule has 1 aromatic heterocycles. The third-order valence-electron chi connectivity index (χ3n) is 3.58. The number of para-hydroxylation sites is 1. The van der Waals surface area contributed by atoms with E-state index in [1.807, 2.05) is 36.5 Å². The third-order valence-corrected chi connectivity index (χ3v) is 3.58. The molecule has 1 N–H and O–H groups in total. The lowest BCUT2D eigenvalue weighted by Crippen LogP contribution is -2.38. The van der Waals surface area contributed by atoms with Gasteiger partial charge in [-0.2, -0.15) is 15.0 Å². The predicted molar refractivity (Wildman–Crippen MR) is 85.4 cm³/mol. The zero-order valence-corrected chi connectivity index (χ0v) is 13.2. The van der Waals surface area contributed by atoms with E-state index in [4.69, 9.17) is 0 Å². The Balaban J connectivity index is 1.86. The molecule has 2 rings (SSSR count).